The maximum atomic E-state index is 3.73. The maximum absolute atomic E-state index is 3.73. The summed E-state index contributed by atoms with van der Waals surface area (Å²) in [6, 6.07) is 18.2. The van der Waals surface area contributed by atoms with Gasteiger partial charge < -0.3 is 10.2 Å². The van der Waals surface area contributed by atoms with E-state index in [2.05, 4.69) is 72.8 Å². The van der Waals surface area contributed by atoms with Gasteiger partial charge in [-0.1, -0.05) is 36.4 Å². The van der Waals surface area contributed by atoms with Crippen molar-refractivity contribution >= 4 is 5.69 Å². The lowest BCUT2D eigenvalue weighted by Crippen LogP contribution is -2.24. The molecule has 0 radical (unpaired) electrons. The second-order valence-electron chi connectivity index (χ2n) is 6.09. The number of aryl methyl sites for hydroxylation is 1. The predicted octanol–water partition coefficient (Wildman–Crippen LogP) is 3.92. The van der Waals surface area contributed by atoms with Crippen molar-refractivity contribution in [3.05, 3.63) is 65.2 Å². The van der Waals surface area contributed by atoms with E-state index in [1.165, 1.54) is 41.6 Å². The minimum atomic E-state index is 0.503. The fourth-order valence-electron chi connectivity index (χ4n) is 3.12. The molecule has 2 aromatic carbocycles. The summed E-state index contributed by atoms with van der Waals surface area (Å²) in [5.41, 5.74) is 5.61. The average Bonchev–Trinajstić information content (AvgIpc) is 2.53. The van der Waals surface area contributed by atoms with Crippen LogP contribution in [0.4, 0.5) is 5.69 Å². The second kappa shape index (κ2) is 6.31. The Hall–Kier alpha value is -1.80. The molecule has 3 rings (SSSR count). The Balaban J connectivity index is 1.66. The van der Waals surface area contributed by atoms with E-state index < -0.39 is 0 Å². The Morgan fingerprint density at radius 2 is 1.81 bits per heavy atom. The van der Waals surface area contributed by atoms with Crippen molar-refractivity contribution in [3.8, 4) is 0 Å². The molecule has 0 aromatic heterocycles. The monoisotopic (exact) mass is 280 g/mol. The fourth-order valence-corrected chi connectivity index (χ4v) is 3.12. The first kappa shape index (κ1) is 14.2. The zero-order chi connectivity index (χ0) is 14.7. The summed E-state index contributed by atoms with van der Waals surface area (Å²) >= 11 is 0. The molecule has 0 saturated heterocycles. The number of anilines is 1. The molecule has 1 aliphatic rings. The minimum absolute atomic E-state index is 0.503. The van der Waals surface area contributed by atoms with Gasteiger partial charge in [0, 0.05) is 32.4 Å². The van der Waals surface area contributed by atoms with Crippen LogP contribution in [0.2, 0.25) is 0 Å². The molecule has 0 amide bonds. The van der Waals surface area contributed by atoms with Crippen LogP contribution in [0.3, 0.4) is 0 Å². The lowest BCUT2D eigenvalue weighted by atomic mass is 9.87. The second-order valence-corrected chi connectivity index (χ2v) is 6.09. The summed E-state index contributed by atoms with van der Waals surface area (Å²) in [6.07, 6.45) is 3.76. The van der Waals surface area contributed by atoms with Gasteiger partial charge in [0.1, 0.15) is 0 Å². The third kappa shape index (κ3) is 3.27. The van der Waals surface area contributed by atoms with Crippen LogP contribution in [0, 0.1) is 0 Å². The van der Waals surface area contributed by atoms with E-state index in [0.717, 1.165) is 6.54 Å². The predicted molar refractivity (Wildman–Crippen MR) is 89.7 cm³/mol. The molecule has 1 unspecified atom stereocenters. The van der Waals surface area contributed by atoms with Gasteiger partial charge in [-0.2, -0.15) is 0 Å². The van der Waals surface area contributed by atoms with Gasteiger partial charge in [0.15, 0.2) is 0 Å². The van der Waals surface area contributed by atoms with Crippen molar-refractivity contribution in [1.29, 1.82) is 0 Å². The highest BCUT2D eigenvalue weighted by atomic mass is 15.1. The summed E-state index contributed by atoms with van der Waals surface area (Å²) in [7, 11) is 4.15. The Labute approximate surface area is 127 Å². The number of nitrogens with zero attached hydrogens (tertiary/aromatic N) is 1. The number of hydrogen-bond donors (Lipinski definition) is 1. The van der Waals surface area contributed by atoms with E-state index in [-0.39, 0.29) is 0 Å². The van der Waals surface area contributed by atoms with Crippen LogP contribution in [0.5, 0.6) is 0 Å². The molecule has 2 nitrogen and oxygen atoms in total. The largest absolute Gasteiger partial charge is 0.378 e. The third-order valence-corrected chi connectivity index (χ3v) is 4.37. The molecule has 0 fully saturated rings. The van der Waals surface area contributed by atoms with E-state index in [0.29, 0.717) is 6.04 Å². The summed E-state index contributed by atoms with van der Waals surface area (Å²) in [5.74, 6) is 0. The Bertz CT molecular complexity index is 587. The van der Waals surface area contributed by atoms with Gasteiger partial charge >= 0.3 is 0 Å². The molecule has 2 aromatic rings. The van der Waals surface area contributed by atoms with Crippen molar-refractivity contribution in [2.75, 3.05) is 19.0 Å². The molecule has 2 heteroatoms. The van der Waals surface area contributed by atoms with Crippen molar-refractivity contribution in [1.82, 2.24) is 5.32 Å². The Morgan fingerprint density at radius 3 is 2.57 bits per heavy atom. The Kier molecular flexibility index (Phi) is 4.26. The van der Waals surface area contributed by atoms with E-state index in [9.17, 15) is 0 Å². The number of nitrogens with one attached hydrogen (secondary N) is 1. The van der Waals surface area contributed by atoms with Gasteiger partial charge in [-0.15, -0.1) is 0 Å². The summed E-state index contributed by atoms with van der Waals surface area (Å²) in [4.78, 5) is 2.13. The van der Waals surface area contributed by atoms with Crippen LogP contribution in [0.25, 0.3) is 0 Å². The van der Waals surface area contributed by atoms with Gasteiger partial charge in [0.25, 0.3) is 0 Å². The fraction of sp³-hybridized carbons (Fsp3) is 0.368. The number of benzene rings is 2. The van der Waals surface area contributed by atoms with Crippen LogP contribution in [0.1, 0.15) is 35.6 Å². The van der Waals surface area contributed by atoms with Gasteiger partial charge in [0.05, 0.1) is 0 Å². The molecule has 21 heavy (non-hydrogen) atoms. The molecule has 1 atom stereocenters. The first-order valence-corrected chi connectivity index (χ1v) is 7.81. The lowest BCUT2D eigenvalue weighted by molar-refractivity contribution is 0.459. The molecule has 1 aliphatic carbocycles. The van der Waals surface area contributed by atoms with Crippen molar-refractivity contribution < 1.29 is 0 Å². The number of rotatable bonds is 4. The SMILES string of the molecule is CN(C)c1ccc(CNC2CCCc3ccccc32)cc1. The van der Waals surface area contributed by atoms with E-state index >= 15 is 0 Å². The molecule has 0 heterocycles. The first-order chi connectivity index (χ1) is 10.2. The topological polar surface area (TPSA) is 15.3 Å². The quantitative estimate of drug-likeness (QED) is 0.913. The van der Waals surface area contributed by atoms with Crippen molar-refractivity contribution in [2.24, 2.45) is 0 Å². The standard InChI is InChI=1S/C19H24N2/c1-21(2)17-12-10-15(11-13-17)14-20-19-9-5-7-16-6-3-4-8-18(16)19/h3-4,6,8,10-13,19-20H,5,7,9,14H2,1-2H3. The summed E-state index contributed by atoms with van der Waals surface area (Å²) < 4.78 is 0. The lowest BCUT2D eigenvalue weighted by Gasteiger charge is -2.26. The highest BCUT2D eigenvalue weighted by Gasteiger charge is 2.18. The van der Waals surface area contributed by atoms with E-state index in [1.54, 1.807) is 0 Å². The molecule has 0 bridgehead atoms. The molecular weight excluding hydrogens is 256 g/mol. The van der Waals surface area contributed by atoms with E-state index in [4.69, 9.17) is 0 Å². The molecule has 1 N–H and O–H groups in total. The van der Waals surface area contributed by atoms with Gasteiger partial charge in [-0.05, 0) is 48.1 Å². The molecule has 110 valence electrons. The van der Waals surface area contributed by atoms with Gasteiger partial charge in [-0.25, -0.2) is 0 Å². The average molecular weight is 280 g/mol. The van der Waals surface area contributed by atoms with Crippen LogP contribution >= 0.6 is 0 Å². The first-order valence-electron chi connectivity index (χ1n) is 7.81. The Morgan fingerprint density at radius 1 is 1.05 bits per heavy atom. The number of fused-ring (bicyclic) bond motifs is 1. The van der Waals surface area contributed by atoms with Gasteiger partial charge in [0.2, 0.25) is 0 Å². The van der Waals surface area contributed by atoms with Crippen LogP contribution < -0.4 is 10.2 Å². The maximum Gasteiger partial charge on any atom is 0.0361 e. The zero-order valence-electron chi connectivity index (χ0n) is 13.0. The minimum Gasteiger partial charge on any atom is -0.378 e. The molecule has 0 spiro atoms. The van der Waals surface area contributed by atoms with Crippen LogP contribution in [0.15, 0.2) is 48.5 Å². The van der Waals surface area contributed by atoms with Crippen LogP contribution in [-0.2, 0) is 13.0 Å². The summed E-state index contributed by atoms with van der Waals surface area (Å²) in [5, 5.41) is 3.73. The van der Waals surface area contributed by atoms with Crippen molar-refractivity contribution in [2.45, 2.75) is 31.8 Å². The zero-order valence-corrected chi connectivity index (χ0v) is 13.0. The normalized spacial score (nSPS) is 17.3. The summed E-state index contributed by atoms with van der Waals surface area (Å²) in [6.45, 7) is 0.937. The van der Waals surface area contributed by atoms with E-state index in [1.807, 2.05) is 0 Å². The van der Waals surface area contributed by atoms with Crippen LogP contribution in [-0.4, -0.2) is 14.1 Å². The third-order valence-electron chi connectivity index (χ3n) is 4.37. The molecule has 0 aliphatic heterocycles. The highest BCUT2D eigenvalue weighted by Crippen LogP contribution is 2.29. The molecule has 0 saturated carbocycles. The smallest absolute Gasteiger partial charge is 0.0361 e. The van der Waals surface area contributed by atoms with Crippen molar-refractivity contribution in [3.63, 3.8) is 0 Å². The van der Waals surface area contributed by atoms with Gasteiger partial charge in [-0.3, -0.25) is 0 Å². The molecular formula is C19H24N2. The highest BCUT2D eigenvalue weighted by molar-refractivity contribution is 5.46. The number of hydrogen-bond acceptors (Lipinski definition) is 2.